The highest BCUT2D eigenvalue weighted by Gasteiger charge is 2.09. The van der Waals surface area contributed by atoms with Crippen LogP contribution in [0.15, 0.2) is 18.2 Å². The number of nitrogens with two attached hydrogens (primary N) is 1. The first-order valence-corrected chi connectivity index (χ1v) is 6.03. The number of benzene rings is 1. The summed E-state index contributed by atoms with van der Waals surface area (Å²) in [5, 5.41) is 0. The van der Waals surface area contributed by atoms with Crippen molar-refractivity contribution in [1.29, 1.82) is 0 Å². The van der Waals surface area contributed by atoms with Crippen molar-refractivity contribution in [3.8, 4) is 5.75 Å². The van der Waals surface area contributed by atoms with E-state index in [4.69, 9.17) is 10.5 Å². The zero-order chi connectivity index (χ0) is 12.8. The lowest BCUT2D eigenvalue weighted by Crippen LogP contribution is -2.12. The van der Waals surface area contributed by atoms with E-state index in [2.05, 4.69) is 0 Å². The summed E-state index contributed by atoms with van der Waals surface area (Å²) in [6.45, 7) is 6.23. The average Bonchev–Trinajstić information content (AvgIpc) is 2.28. The molecule has 1 rings (SSSR count). The molecule has 3 nitrogen and oxygen atoms in total. The molecule has 2 N–H and O–H groups in total. The van der Waals surface area contributed by atoms with E-state index in [-0.39, 0.29) is 11.8 Å². The molecule has 0 aromatic heterocycles. The number of hydrogen-bond acceptors (Lipinski definition) is 3. The molecule has 1 aromatic rings. The fraction of sp³-hybridized carbons (Fsp3) is 0.500. The third kappa shape index (κ3) is 4.19. The summed E-state index contributed by atoms with van der Waals surface area (Å²) in [7, 11) is 0. The highest BCUT2D eigenvalue weighted by Crippen LogP contribution is 2.23. The maximum Gasteiger partial charge on any atom is 0.129 e. The molecule has 0 heterocycles. The lowest BCUT2D eigenvalue weighted by atomic mass is 10.00. The molecule has 17 heavy (non-hydrogen) atoms. The molecule has 0 aliphatic heterocycles. The number of ketones is 1. The molecular formula is C14H21NO2. The van der Waals surface area contributed by atoms with Crippen molar-refractivity contribution in [1.82, 2.24) is 0 Å². The normalized spacial score (nSPS) is 12.2. The summed E-state index contributed by atoms with van der Waals surface area (Å²) in [5.74, 6) is 1.08. The molecule has 0 aliphatic carbocycles. The Balaban J connectivity index is 2.71. The SMILES string of the molecule is CCOc1ccc(C(N)CCC(C)=O)cc1C. The number of carbonyl (C=O) groups is 1. The standard InChI is InChI=1S/C14H21NO2/c1-4-17-14-8-6-12(9-10(14)2)13(15)7-5-11(3)16/h6,8-9,13H,4-5,7,15H2,1-3H3. The molecule has 0 bridgehead atoms. The maximum absolute atomic E-state index is 10.9. The van der Waals surface area contributed by atoms with Gasteiger partial charge in [-0.05, 0) is 44.4 Å². The van der Waals surface area contributed by atoms with Gasteiger partial charge in [-0.15, -0.1) is 0 Å². The second-order valence-electron chi connectivity index (χ2n) is 4.31. The first kappa shape index (κ1) is 13.7. The van der Waals surface area contributed by atoms with E-state index in [1.165, 1.54) is 0 Å². The van der Waals surface area contributed by atoms with E-state index in [1.54, 1.807) is 6.92 Å². The Morgan fingerprint density at radius 1 is 1.47 bits per heavy atom. The topological polar surface area (TPSA) is 52.3 Å². The second kappa shape index (κ2) is 6.40. The summed E-state index contributed by atoms with van der Waals surface area (Å²) in [5.41, 5.74) is 8.19. The van der Waals surface area contributed by atoms with Gasteiger partial charge in [0.15, 0.2) is 0 Å². The Kier molecular flexibility index (Phi) is 5.16. The molecule has 3 heteroatoms. The van der Waals surface area contributed by atoms with Gasteiger partial charge in [-0.25, -0.2) is 0 Å². The number of ether oxygens (including phenoxy) is 1. The molecule has 0 fully saturated rings. The summed E-state index contributed by atoms with van der Waals surface area (Å²) < 4.78 is 5.47. The molecule has 1 atom stereocenters. The van der Waals surface area contributed by atoms with Crippen molar-refractivity contribution in [2.24, 2.45) is 5.73 Å². The van der Waals surface area contributed by atoms with E-state index in [9.17, 15) is 4.79 Å². The number of aryl methyl sites for hydroxylation is 1. The molecule has 0 saturated carbocycles. The number of hydrogen-bond donors (Lipinski definition) is 1. The molecule has 0 amide bonds. The predicted octanol–water partition coefficient (Wildman–Crippen LogP) is 2.76. The summed E-state index contributed by atoms with van der Waals surface area (Å²) >= 11 is 0. The fourth-order valence-electron chi connectivity index (χ4n) is 1.75. The lowest BCUT2D eigenvalue weighted by molar-refractivity contribution is -0.117. The zero-order valence-corrected chi connectivity index (χ0v) is 10.8. The minimum atomic E-state index is -0.0757. The van der Waals surface area contributed by atoms with Crippen molar-refractivity contribution in [2.45, 2.75) is 39.7 Å². The molecule has 0 saturated heterocycles. The minimum absolute atomic E-state index is 0.0757. The van der Waals surface area contributed by atoms with Crippen LogP contribution in [-0.4, -0.2) is 12.4 Å². The minimum Gasteiger partial charge on any atom is -0.494 e. The summed E-state index contributed by atoms with van der Waals surface area (Å²) in [6, 6.07) is 5.88. The van der Waals surface area contributed by atoms with Crippen molar-refractivity contribution in [2.75, 3.05) is 6.61 Å². The Morgan fingerprint density at radius 3 is 2.71 bits per heavy atom. The monoisotopic (exact) mass is 235 g/mol. The Hall–Kier alpha value is -1.35. The van der Waals surface area contributed by atoms with Crippen molar-refractivity contribution < 1.29 is 9.53 Å². The van der Waals surface area contributed by atoms with Gasteiger partial charge in [0.25, 0.3) is 0 Å². The van der Waals surface area contributed by atoms with Crippen LogP contribution >= 0.6 is 0 Å². The first-order valence-electron chi connectivity index (χ1n) is 6.03. The maximum atomic E-state index is 10.9. The molecule has 0 aliphatic rings. The van der Waals surface area contributed by atoms with Gasteiger partial charge in [0.2, 0.25) is 0 Å². The van der Waals surface area contributed by atoms with Gasteiger partial charge in [-0.3, -0.25) is 0 Å². The zero-order valence-electron chi connectivity index (χ0n) is 10.8. The molecule has 0 radical (unpaired) electrons. The average molecular weight is 235 g/mol. The Labute approximate surface area is 103 Å². The van der Waals surface area contributed by atoms with Gasteiger partial charge >= 0.3 is 0 Å². The highest BCUT2D eigenvalue weighted by atomic mass is 16.5. The van der Waals surface area contributed by atoms with Crippen LogP contribution in [0, 0.1) is 6.92 Å². The molecule has 1 aromatic carbocycles. The Morgan fingerprint density at radius 2 is 2.18 bits per heavy atom. The fourth-order valence-corrected chi connectivity index (χ4v) is 1.75. The number of carbonyl (C=O) groups excluding carboxylic acids is 1. The van der Waals surface area contributed by atoms with Gasteiger partial charge in [0.05, 0.1) is 6.61 Å². The Bertz CT molecular complexity index is 388. The van der Waals surface area contributed by atoms with E-state index in [0.29, 0.717) is 19.4 Å². The van der Waals surface area contributed by atoms with Crippen LogP contribution in [0.5, 0.6) is 5.75 Å². The van der Waals surface area contributed by atoms with E-state index < -0.39 is 0 Å². The molecule has 94 valence electrons. The van der Waals surface area contributed by atoms with Crippen molar-refractivity contribution in [3.63, 3.8) is 0 Å². The van der Waals surface area contributed by atoms with E-state index >= 15 is 0 Å². The first-order chi connectivity index (χ1) is 8.04. The second-order valence-corrected chi connectivity index (χ2v) is 4.31. The van der Waals surface area contributed by atoms with Gasteiger partial charge in [0, 0.05) is 12.5 Å². The summed E-state index contributed by atoms with van der Waals surface area (Å²) in [6.07, 6.45) is 1.23. The van der Waals surface area contributed by atoms with E-state index in [0.717, 1.165) is 16.9 Å². The van der Waals surface area contributed by atoms with E-state index in [1.807, 2.05) is 32.0 Å². The molecular weight excluding hydrogens is 214 g/mol. The van der Waals surface area contributed by atoms with Crippen LogP contribution in [0.2, 0.25) is 0 Å². The lowest BCUT2D eigenvalue weighted by Gasteiger charge is -2.14. The van der Waals surface area contributed by atoms with Crippen molar-refractivity contribution in [3.05, 3.63) is 29.3 Å². The molecule has 1 unspecified atom stereocenters. The van der Waals surface area contributed by atoms with Crippen molar-refractivity contribution >= 4 is 5.78 Å². The third-order valence-electron chi connectivity index (χ3n) is 2.73. The van der Waals surface area contributed by atoms with Crippen LogP contribution in [0.3, 0.4) is 0 Å². The number of rotatable bonds is 6. The predicted molar refractivity (Wildman–Crippen MR) is 69.2 cm³/mol. The van der Waals surface area contributed by atoms with Gasteiger partial charge in [-0.1, -0.05) is 12.1 Å². The van der Waals surface area contributed by atoms with Gasteiger partial charge in [-0.2, -0.15) is 0 Å². The smallest absolute Gasteiger partial charge is 0.129 e. The molecule has 0 spiro atoms. The summed E-state index contributed by atoms with van der Waals surface area (Å²) in [4.78, 5) is 10.9. The number of Topliss-reactive ketones (excluding diaryl/α,β-unsaturated/α-hetero) is 1. The largest absolute Gasteiger partial charge is 0.494 e. The van der Waals surface area contributed by atoms with Gasteiger partial charge in [0.1, 0.15) is 11.5 Å². The quantitative estimate of drug-likeness (QED) is 0.824. The third-order valence-corrected chi connectivity index (χ3v) is 2.73. The van der Waals surface area contributed by atoms with Crippen LogP contribution in [0.1, 0.15) is 43.9 Å². The van der Waals surface area contributed by atoms with Crippen LogP contribution in [0.25, 0.3) is 0 Å². The van der Waals surface area contributed by atoms with Crippen LogP contribution in [-0.2, 0) is 4.79 Å². The van der Waals surface area contributed by atoms with Crippen LogP contribution in [0.4, 0.5) is 0 Å². The van der Waals surface area contributed by atoms with Crippen LogP contribution < -0.4 is 10.5 Å². The van der Waals surface area contributed by atoms with Gasteiger partial charge < -0.3 is 15.3 Å². The highest BCUT2D eigenvalue weighted by molar-refractivity contribution is 5.75.